The number of nitrogens with zero attached hydrogens (tertiary/aromatic N) is 2. The zero-order chi connectivity index (χ0) is 13.3. The molecule has 0 aliphatic rings. The van der Waals surface area contributed by atoms with Gasteiger partial charge in [-0.05, 0) is 25.5 Å². The molecule has 0 radical (unpaired) electrons. The number of rotatable bonds is 2. The van der Waals surface area contributed by atoms with Crippen molar-refractivity contribution in [2.75, 3.05) is 0 Å². The number of aromatic nitrogens is 2. The standard InChI is InChI=1S/C12H12N2O3S/c1-7-5-11(17-9(3)15)8(2)4-10(7)14-12(16)6-18-13-14/h4-6H,1-3H3/p+1. The van der Waals surface area contributed by atoms with Crippen molar-refractivity contribution in [2.24, 2.45) is 0 Å². The van der Waals surface area contributed by atoms with Gasteiger partial charge < -0.3 is 9.84 Å². The maximum absolute atomic E-state index is 11.0. The van der Waals surface area contributed by atoms with Crippen molar-refractivity contribution in [3.8, 4) is 17.3 Å². The Labute approximate surface area is 108 Å². The molecule has 0 spiro atoms. The van der Waals surface area contributed by atoms with Gasteiger partial charge in [0.05, 0.1) is 4.49 Å². The van der Waals surface area contributed by atoms with Gasteiger partial charge in [0.1, 0.15) is 11.1 Å². The molecule has 1 heterocycles. The van der Waals surface area contributed by atoms with Crippen LogP contribution in [0.3, 0.4) is 0 Å². The fourth-order valence-electron chi connectivity index (χ4n) is 1.64. The van der Waals surface area contributed by atoms with Gasteiger partial charge in [-0.1, -0.05) is 0 Å². The molecule has 1 aromatic carbocycles. The van der Waals surface area contributed by atoms with Crippen LogP contribution in [0.25, 0.3) is 5.69 Å². The summed E-state index contributed by atoms with van der Waals surface area (Å²) < 4.78 is 10.6. The van der Waals surface area contributed by atoms with Gasteiger partial charge in [0.15, 0.2) is 0 Å². The van der Waals surface area contributed by atoms with E-state index in [-0.39, 0.29) is 11.8 Å². The quantitative estimate of drug-likeness (QED) is 0.509. The molecule has 6 heteroatoms. The van der Waals surface area contributed by atoms with E-state index in [0.717, 1.165) is 16.8 Å². The Hall–Kier alpha value is -1.95. The monoisotopic (exact) mass is 265 g/mol. The second-order valence-corrected chi connectivity index (χ2v) is 4.58. The maximum Gasteiger partial charge on any atom is 0.409 e. The summed E-state index contributed by atoms with van der Waals surface area (Å²) in [5, 5.41) is 11.2. The van der Waals surface area contributed by atoms with Crippen molar-refractivity contribution in [3.63, 3.8) is 0 Å². The van der Waals surface area contributed by atoms with Crippen LogP contribution in [-0.2, 0) is 4.79 Å². The van der Waals surface area contributed by atoms with Gasteiger partial charge in [0.25, 0.3) is 0 Å². The molecule has 0 aliphatic heterocycles. The van der Waals surface area contributed by atoms with Crippen LogP contribution in [0.15, 0.2) is 17.5 Å². The molecule has 1 aromatic heterocycles. The van der Waals surface area contributed by atoms with Gasteiger partial charge in [0, 0.05) is 34.8 Å². The zero-order valence-electron chi connectivity index (χ0n) is 10.3. The number of hydrogen-bond donors (Lipinski definition) is 1. The number of hydrogen-bond acceptors (Lipinski definition) is 5. The van der Waals surface area contributed by atoms with Crippen LogP contribution in [-0.4, -0.2) is 15.6 Å². The fraction of sp³-hybridized carbons (Fsp3) is 0.250. The first kappa shape index (κ1) is 12.5. The molecule has 0 unspecified atom stereocenters. The first-order valence-electron chi connectivity index (χ1n) is 5.34. The molecular weight excluding hydrogens is 252 g/mol. The van der Waals surface area contributed by atoms with Crippen molar-refractivity contribution in [1.29, 1.82) is 0 Å². The molecule has 1 N–H and O–H groups in total. The summed E-state index contributed by atoms with van der Waals surface area (Å²) in [7, 11) is 0. The number of ether oxygens (including phenoxy) is 1. The predicted molar refractivity (Wildman–Crippen MR) is 66.1 cm³/mol. The Kier molecular flexibility index (Phi) is 3.29. The van der Waals surface area contributed by atoms with Gasteiger partial charge in [-0.2, -0.15) is 0 Å². The van der Waals surface area contributed by atoms with Crippen molar-refractivity contribution in [1.82, 2.24) is 4.49 Å². The molecule has 0 bridgehead atoms. The molecule has 0 aliphatic carbocycles. The van der Waals surface area contributed by atoms with Crippen LogP contribution >= 0.6 is 11.5 Å². The number of esters is 1. The molecule has 5 nitrogen and oxygen atoms in total. The van der Waals surface area contributed by atoms with Crippen LogP contribution in [0.4, 0.5) is 0 Å². The normalized spacial score (nSPS) is 10.4. The average molecular weight is 265 g/mol. The Morgan fingerprint density at radius 2 is 2.11 bits per heavy atom. The third-order valence-corrected chi connectivity index (χ3v) is 3.05. The van der Waals surface area contributed by atoms with Crippen LogP contribution in [0, 0.1) is 13.8 Å². The van der Waals surface area contributed by atoms with E-state index in [1.165, 1.54) is 23.1 Å². The number of aromatic hydroxyl groups is 1. The molecule has 0 amide bonds. The molecular formula is C12H13N2O3S+. The van der Waals surface area contributed by atoms with Crippen molar-refractivity contribution >= 4 is 17.5 Å². The highest BCUT2D eigenvalue weighted by Gasteiger charge is 2.21. The minimum absolute atomic E-state index is 0.0859. The van der Waals surface area contributed by atoms with E-state index >= 15 is 0 Å². The second kappa shape index (κ2) is 4.73. The lowest BCUT2D eigenvalue weighted by atomic mass is 10.1. The Morgan fingerprint density at radius 1 is 1.39 bits per heavy atom. The molecule has 18 heavy (non-hydrogen) atoms. The smallest absolute Gasteiger partial charge is 0.409 e. The largest absolute Gasteiger partial charge is 0.457 e. The average Bonchev–Trinajstić information content (AvgIpc) is 2.69. The molecule has 0 atom stereocenters. The van der Waals surface area contributed by atoms with Crippen LogP contribution in [0.1, 0.15) is 18.1 Å². The topological polar surface area (TPSA) is 63.3 Å². The van der Waals surface area contributed by atoms with E-state index in [1.54, 1.807) is 11.4 Å². The Bertz CT molecular complexity index is 607. The summed E-state index contributed by atoms with van der Waals surface area (Å²) in [6, 6.07) is 3.59. The van der Waals surface area contributed by atoms with E-state index in [1.807, 2.05) is 19.9 Å². The first-order chi connectivity index (χ1) is 8.49. The molecule has 2 rings (SSSR count). The Balaban J connectivity index is 2.50. The van der Waals surface area contributed by atoms with E-state index in [2.05, 4.69) is 4.49 Å². The second-order valence-electron chi connectivity index (χ2n) is 3.97. The molecule has 2 aromatic rings. The van der Waals surface area contributed by atoms with Crippen LogP contribution in [0.5, 0.6) is 11.6 Å². The fourth-order valence-corrected chi connectivity index (χ4v) is 2.15. The third-order valence-electron chi connectivity index (χ3n) is 2.48. The van der Waals surface area contributed by atoms with Crippen LogP contribution in [0.2, 0.25) is 0 Å². The highest BCUT2D eigenvalue weighted by atomic mass is 32.1. The van der Waals surface area contributed by atoms with Gasteiger partial charge in [-0.25, -0.2) is 0 Å². The summed E-state index contributed by atoms with van der Waals surface area (Å²) in [5.41, 5.74) is 2.44. The van der Waals surface area contributed by atoms with Crippen molar-refractivity contribution in [3.05, 3.63) is 28.6 Å². The minimum Gasteiger partial charge on any atom is -0.457 e. The lowest BCUT2D eigenvalue weighted by Gasteiger charge is -2.06. The predicted octanol–water partition coefficient (Wildman–Crippen LogP) is 1.67. The number of benzene rings is 1. The summed E-state index contributed by atoms with van der Waals surface area (Å²) >= 11 is 1.17. The highest BCUT2D eigenvalue weighted by Crippen LogP contribution is 2.24. The summed E-state index contributed by atoms with van der Waals surface area (Å²) in [5.74, 6) is 0.260. The summed E-state index contributed by atoms with van der Waals surface area (Å²) in [6.45, 7) is 5.07. The van der Waals surface area contributed by atoms with E-state index in [0.29, 0.717) is 5.75 Å². The van der Waals surface area contributed by atoms with Crippen molar-refractivity contribution in [2.45, 2.75) is 20.8 Å². The SMILES string of the molecule is CC(=O)Oc1cc(C)c(-[n+]2nscc2O)cc1C. The van der Waals surface area contributed by atoms with E-state index in [9.17, 15) is 9.90 Å². The summed E-state index contributed by atoms with van der Waals surface area (Å²) in [4.78, 5) is 11.0. The zero-order valence-corrected chi connectivity index (χ0v) is 11.1. The number of carbonyl (C=O) groups excluding carboxylic acids is 1. The maximum atomic E-state index is 11.0. The van der Waals surface area contributed by atoms with E-state index in [4.69, 9.17) is 4.74 Å². The van der Waals surface area contributed by atoms with Gasteiger partial charge in [-0.15, -0.1) is 0 Å². The molecule has 0 fully saturated rings. The first-order valence-corrected chi connectivity index (χ1v) is 6.18. The minimum atomic E-state index is -0.352. The number of carbonyl (C=O) groups is 1. The van der Waals surface area contributed by atoms with Crippen molar-refractivity contribution < 1.29 is 19.3 Å². The van der Waals surface area contributed by atoms with Gasteiger partial charge >= 0.3 is 11.8 Å². The third kappa shape index (κ3) is 2.33. The number of aryl methyl sites for hydroxylation is 2. The van der Waals surface area contributed by atoms with Crippen LogP contribution < -0.4 is 9.42 Å². The van der Waals surface area contributed by atoms with Gasteiger partial charge in [0.2, 0.25) is 5.69 Å². The molecule has 0 saturated heterocycles. The lowest BCUT2D eigenvalue weighted by molar-refractivity contribution is -0.657. The van der Waals surface area contributed by atoms with E-state index < -0.39 is 0 Å². The lowest BCUT2D eigenvalue weighted by Crippen LogP contribution is -2.32. The highest BCUT2D eigenvalue weighted by molar-refractivity contribution is 7.03. The Morgan fingerprint density at radius 3 is 2.67 bits per heavy atom. The van der Waals surface area contributed by atoms with Gasteiger partial charge in [-0.3, -0.25) is 4.79 Å². The summed E-state index contributed by atoms with van der Waals surface area (Å²) in [6.07, 6.45) is 0. The molecule has 94 valence electrons. The molecule has 0 saturated carbocycles.